The highest BCUT2D eigenvalue weighted by Crippen LogP contribution is 2.45. The van der Waals surface area contributed by atoms with Crippen LogP contribution in [0.2, 0.25) is 0 Å². The minimum absolute atomic E-state index is 0.250. The Balaban J connectivity index is 1.90. The van der Waals surface area contributed by atoms with Crippen LogP contribution >= 0.6 is 0 Å². The molecule has 1 aromatic heterocycles. The third-order valence-corrected chi connectivity index (χ3v) is 5.29. The van der Waals surface area contributed by atoms with Gasteiger partial charge in [-0.1, -0.05) is 18.2 Å². The summed E-state index contributed by atoms with van der Waals surface area (Å²) in [5, 5.41) is 6.52. The smallest absolute Gasteiger partial charge is 0.275 e. The summed E-state index contributed by atoms with van der Waals surface area (Å²) in [6.45, 7) is 0. The summed E-state index contributed by atoms with van der Waals surface area (Å²) < 4.78 is 11.2. The Kier molecular flexibility index (Phi) is 3.45. The molecule has 3 aromatic rings. The number of nitrogens with one attached hydrogen (secondary N) is 3. The Hall–Kier alpha value is -3.74. The van der Waals surface area contributed by atoms with Crippen LogP contribution in [0.1, 0.15) is 22.7 Å². The number of rotatable bonds is 3. The van der Waals surface area contributed by atoms with Gasteiger partial charge in [0.2, 0.25) is 0 Å². The number of ether oxygens (including phenoxy) is 2. The van der Waals surface area contributed by atoms with E-state index in [0.717, 1.165) is 22.0 Å². The van der Waals surface area contributed by atoms with Crippen LogP contribution in [-0.2, 0) is 9.59 Å². The zero-order valence-electron chi connectivity index (χ0n) is 15.3. The van der Waals surface area contributed by atoms with Crippen molar-refractivity contribution in [3.05, 3.63) is 65.0 Å². The zero-order chi connectivity index (χ0) is 19.4. The van der Waals surface area contributed by atoms with Crippen molar-refractivity contribution in [1.29, 1.82) is 0 Å². The molecule has 2 aliphatic heterocycles. The van der Waals surface area contributed by atoms with Gasteiger partial charge in [0.25, 0.3) is 11.8 Å². The van der Waals surface area contributed by atoms with E-state index in [1.54, 1.807) is 20.4 Å². The molecule has 0 saturated heterocycles. The van der Waals surface area contributed by atoms with Crippen molar-refractivity contribution in [2.24, 2.45) is 0 Å². The Morgan fingerprint density at radius 2 is 1.71 bits per heavy atom. The quantitative estimate of drug-likeness (QED) is 0.611. The number of carbonyl (C=O) groups excluding carboxylic acids is 2. The molecule has 5 rings (SSSR count). The van der Waals surface area contributed by atoms with Crippen molar-refractivity contribution in [2.75, 3.05) is 14.2 Å². The first-order valence-electron chi connectivity index (χ1n) is 8.81. The summed E-state index contributed by atoms with van der Waals surface area (Å²) >= 11 is 0. The van der Waals surface area contributed by atoms with E-state index in [9.17, 15) is 9.59 Å². The molecule has 0 saturated carbocycles. The molecular formula is C21H17N3O4. The predicted molar refractivity (Wildman–Crippen MR) is 103 cm³/mol. The number of carbonyl (C=O) groups is 2. The maximum Gasteiger partial charge on any atom is 0.275 e. The summed E-state index contributed by atoms with van der Waals surface area (Å²) in [6.07, 6.45) is 1.76. The number of imide groups is 1. The fraction of sp³-hybridized carbons (Fsp3) is 0.143. The third kappa shape index (κ3) is 2.10. The first-order valence-corrected chi connectivity index (χ1v) is 8.81. The van der Waals surface area contributed by atoms with Gasteiger partial charge in [-0.3, -0.25) is 14.9 Å². The van der Waals surface area contributed by atoms with Crippen LogP contribution in [0.25, 0.3) is 16.5 Å². The van der Waals surface area contributed by atoms with E-state index in [2.05, 4.69) is 15.6 Å². The van der Waals surface area contributed by atoms with Crippen LogP contribution in [0, 0.1) is 0 Å². The van der Waals surface area contributed by atoms with Gasteiger partial charge >= 0.3 is 0 Å². The van der Waals surface area contributed by atoms with E-state index in [1.807, 2.05) is 36.4 Å². The van der Waals surface area contributed by atoms with Gasteiger partial charge in [0.15, 0.2) is 0 Å². The van der Waals surface area contributed by atoms with Gasteiger partial charge in [-0.05, 0) is 18.2 Å². The van der Waals surface area contributed by atoms with Crippen LogP contribution in [0.15, 0.2) is 48.3 Å². The molecule has 3 N–H and O–H groups in total. The molecule has 0 radical (unpaired) electrons. The van der Waals surface area contributed by atoms with E-state index >= 15 is 0 Å². The highest BCUT2D eigenvalue weighted by molar-refractivity contribution is 6.37. The van der Waals surface area contributed by atoms with E-state index in [1.165, 1.54) is 0 Å². The number of benzene rings is 2. The van der Waals surface area contributed by atoms with Gasteiger partial charge in [0.05, 0.1) is 25.8 Å². The van der Waals surface area contributed by atoms with Gasteiger partial charge in [0.1, 0.15) is 17.2 Å². The number of hydrogen-bond acceptors (Lipinski definition) is 5. The second-order valence-electron chi connectivity index (χ2n) is 6.66. The van der Waals surface area contributed by atoms with Gasteiger partial charge in [-0.15, -0.1) is 0 Å². The van der Waals surface area contributed by atoms with Crippen LogP contribution in [0.3, 0.4) is 0 Å². The van der Waals surface area contributed by atoms with Crippen molar-refractivity contribution in [1.82, 2.24) is 15.6 Å². The topological polar surface area (TPSA) is 92.5 Å². The van der Waals surface area contributed by atoms with Gasteiger partial charge < -0.3 is 19.8 Å². The molecule has 2 amide bonds. The van der Waals surface area contributed by atoms with Gasteiger partial charge in [0, 0.05) is 33.8 Å². The number of methoxy groups -OCH3 is 2. The predicted octanol–water partition coefficient (Wildman–Crippen LogP) is 2.25. The van der Waals surface area contributed by atoms with Gasteiger partial charge in [-0.25, -0.2) is 0 Å². The number of fused-ring (bicyclic) bond motifs is 1. The van der Waals surface area contributed by atoms with E-state index in [4.69, 9.17) is 9.47 Å². The Labute approximate surface area is 160 Å². The van der Waals surface area contributed by atoms with Crippen molar-refractivity contribution < 1.29 is 19.1 Å². The molecule has 0 bridgehead atoms. The van der Waals surface area contributed by atoms with Crippen molar-refractivity contribution in [2.45, 2.75) is 6.04 Å². The highest BCUT2D eigenvalue weighted by atomic mass is 16.5. The Bertz CT molecular complexity index is 1190. The lowest BCUT2D eigenvalue weighted by atomic mass is 9.92. The number of amides is 2. The first-order chi connectivity index (χ1) is 13.6. The monoisotopic (exact) mass is 375 g/mol. The average molecular weight is 375 g/mol. The summed E-state index contributed by atoms with van der Waals surface area (Å²) in [4.78, 5) is 28.3. The normalized spacial score (nSPS) is 17.9. The minimum atomic E-state index is -0.450. The third-order valence-electron chi connectivity index (χ3n) is 5.29. The fourth-order valence-electron chi connectivity index (χ4n) is 4.10. The van der Waals surface area contributed by atoms with Crippen LogP contribution in [0.5, 0.6) is 11.5 Å². The maximum atomic E-state index is 12.5. The number of aromatic nitrogens is 1. The molecule has 0 spiro atoms. The minimum Gasteiger partial charge on any atom is -0.496 e. The molecule has 2 aromatic carbocycles. The number of hydrogen-bond donors (Lipinski definition) is 3. The Morgan fingerprint density at radius 1 is 0.929 bits per heavy atom. The lowest BCUT2D eigenvalue weighted by Crippen LogP contribution is -2.30. The molecule has 0 aliphatic carbocycles. The number of para-hydroxylation sites is 1. The van der Waals surface area contributed by atoms with Crippen molar-refractivity contribution >= 4 is 28.3 Å². The molecule has 3 heterocycles. The number of aromatic amines is 1. The SMILES string of the molecule is COc1ccccc1C1NC2=C(C(=O)NC2=O)c2c[nH]c3ccc(OC)c1c23. The molecule has 2 aliphatic rings. The molecule has 1 unspecified atom stereocenters. The fourth-order valence-corrected chi connectivity index (χ4v) is 4.10. The largest absolute Gasteiger partial charge is 0.496 e. The molecular weight excluding hydrogens is 358 g/mol. The zero-order valence-corrected chi connectivity index (χ0v) is 15.3. The van der Waals surface area contributed by atoms with Crippen LogP contribution in [0.4, 0.5) is 0 Å². The molecule has 7 nitrogen and oxygen atoms in total. The molecule has 28 heavy (non-hydrogen) atoms. The second kappa shape index (κ2) is 5.88. The molecule has 7 heteroatoms. The number of H-pyrrole nitrogens is 1. The second-order valence-corrected chi connectivity index (χ2v) is 6.66. The average Bonchev–Trinajstić information content (AvgIpc) is 3.19. The lowest BCUT2D eigenvalue weighted by Gasteiger charge is -2.24. The molecule has 0 fully saturated rings. The summed E-state index contributed by atoms with van der Waals surface area (Å²) in [7, 11) is 3.21. The summed E-state index contributed by atoms with van der Waals surface area (Å²) in [5.74, 6) is 0.472. The molecule has 1 atom stereocenters. The van der Waals surface area contributed by atoms with E-state index in [0.29, 0.717) is 22.6 Å². The van der Waals surface area contributed by atoms with Crippen molar-refractivity contribution in [3.8, 4) is 11.5 Å². The maximum absolute atomic E-state index is 12.5. The van der Waals surface area contributed by atoms with E-state index < -0.39 is 17.9 Å². The van der Waals surface area contributed by atoms with E-state index in [-0.39, 0.29) is 5.70 Å². The van der Waals surface area contributed by atoms with Crippen LogP contribution < -0.4 is 20.1 Å². The summed E-state index contributed by atoms with van der Waals surface area (Å²) in [6, 6.07) is 10.9. The van der Waals surface area contributed by atoms with Crippen LogP contribution in [-0.4, -0.2) is 31.0 Å². The lowest BCUT2D eigenvalue weighted by molar-refractivity contribution is -0.123. The standard InChI is InChI=1S/C21H17N3O4/c1-27-13-6-4-3-5-10(13)18-17-14(28-2)8-7-12-15(17)11(9-22-12)16-19(23-18)21(26)24-20(16)25/h3-9,18,22-23H,1-2H3,(H,24,25,26). The first kappa shape index (κ1) is 16.4. The van der Waals surface area contributed by atoms with Gasteiger partial charge in [-0.2, -0.15) is 0 Å². The highest BCUT2D eigenvalue weighted by Gasteiger charge is 2.39. The van der Waals surface area contributed by atoms with Crippen molar-refractivity contribution in [3.63, 3.8) is 0 Å². The summed E-state index contributed by atoms with van der Waals surface area (Å²) in [5.41, 5.74) is 3.79. The Morgan fingerprint density at radius 3 is 2.50 bits per heavy atom. The molecule has 140 valence electrons.